The topological polar surface area (TPSA) is 67.2 Å². The summed E-state index contributed by atoms with van der Waals surface area (Å²) >= 11 is 0. The maximum Gasteiger partial charge on any atom is 0.268 e. The molecule has 1 aromatic heterocycles. The minimum Gasteiger partial charge on any atom is -0.370 e. The van der Waals surface area contributed by atoms with Gasteiger partial charge in [-0.1, -0.05) is 12.1 Å². The summed E-state index contributed by atoms with van der Waals surface area (Å²) in [6.45, 7) is 2.25. The van der Waals surface area contributed by atoms with Gasteiger partial charge in [0.15, 0.2) is 0 Å². The Kier molecular flexibility index (Phi) is 5.41. The molecule has 7 heteroatoms. The summed E-state index contributed by atoms with van der Waals surface area (Å²) in [6.07, 6.45) is 6.33. The van der Waals surface area contributed by atoms with E-state index in [1.807, 2.05) is 0 Å². The lowest BCUT2D eigenvalue weighted by Crippen LogP contribution is -2.38. The molecule has 0 spiro atoms. The number of halogens is 1. The Balaban J connectivity index is 1.36. The smallest absolute Gasteiger partial charge is 0.268 e. The van der Waals surface area contributed by atoms with Crippen LogP contribution in [0.25, 0.3) is 0 Å². The summed E-state index contributed by atoms with van der Waals surface area (Å²) in [7, 11) is 0. The van der Waals surface area contributed by atoms with Crippen LogP contribution in [0.5, 0.6) is 0 Å². The molecule has 1 aliphatic carbocycles. The van der Waals surface area contributed by atoms with E-state index in [4.69, 9.17) is 0 Å². The molecule has 1 aliphatic heterocycles. The summed E-state index contributed by atoms with van der Waals surface area (Å²) in [6, 6.07) is 7.83. The average Bonchev–Trinajstić information content (AvgIpc) is 3.49. The number of anilines is 2. The van der Waals surface area contributed by atoms with Crippen LogP contribution in [0.15, 0.2) is 41.3 Å². The summed E-state index contributed by atoms with van der Waals surface area (Å²) in [5.41, 5.74) is 0.962. The summed E-state index contributed by atoms with van der Waals surface area (Å²) in [4.78, 5) is 26.8. The SMILES string of the molecule is O=C(CC1CCCN(c2cnn(CC3CC3)c(=O)c2)C1)Nc1ccccc1F. The van der Waals surface area contributed by atoms with E-state index in [1.54, 1.807) is 35.1 Å². The van der Waals surface area contributed by atoms with Gasteiger partial charge in [-0.05, 0) is 49.7 Å². The van der Waals surface area contributed by atoms with Crippen molar-refractivity contribution in [1.29, 1.82) is 0 Å². The van der Waals surface area contributed by atoms with E-state index >= 15 is 0 Å². The van der Waals surface area contributed by atoms with E-state index in [0.29, 0.717) is 25.4 Å². The molecule has 1 atom stereocenters. The number of rotatable bonds is 6. The van der Waals surface area contributed by atoms with Gasteiger partial charge in [0.25, 0.3) is 5.56 Å². The second-order valence-electron chi connectivity index (χ2n) is 7.86. The number of nitrogens with zero attached hydrogens (tertiary/aromatic N) is 3. The molecule has 2 aromatic rings. The predicted molar refractivity (Wildman–Crippen MR) is 106 cm³/mol. The number of amides is 1. The van der Waals surface area contributed by atoms with Crippen molar-refractivity contribution < 1.29 is 9.18 Å². The predicted octanol–water partition coefficient (Wildman–Crippen LogP) is 3.04. The van der Waals surface area contributed by atoms with Crippen LogP contribution in [0.4, 0.5) is 15.8 Å². The average molecular weight is 384 g/mol. The number of carbonyl (C=O) groups is 1. The third-order valence-electron chi connectivity index (χ3n) is 5.49. The van der Waals surface area contributed by atoms with Gasteiger partial charge in [-0.2, -0.15) is 5.10 Å². The maximum absolute atomic E-state index is 13.7. The maximum atomic E-state index is 13.7. The molecule has 1 saturated heterocycles. The monoisotopic (exact) mass is 384 g/mol. The van der Waals surface area contributed by atoms with Crippen LogP contribution in [0.1, 0.15) is 32.1 Å². The van der Waals surface area contributed by atoms with E-state index in [-0.39, 0.29) is 23.1 Å². The fourth-order valence-electron chi connectivity index (χ4n) is 3.77. The number of hydrogen-bond acceptors (Lipinski definition) is 4. The van der Waals surface area contributed by atoms with Gasteiger partial charge in [0.2, 0.25) is 5.91 Å². The van der Waals surface area contributed by atoms with Gasteiger partial charge < -0.3 is 10.2 Å². The zero-order chi connectivity index (χ0) is 19.5. The van der Waals surface area contributed by atoms with Gasteiger partial charge in [-0.15, -0.1) is 0 Å². The molecule has 1 saturated carbocycles. The van der Waals surface area contributed by atoms with Crippen molar-refractivity contribution in [2.45, 2.75) is 38.6 Å². The van der Waals surface area contributed by atoms with E-state index < -0.39 is 5.82 Å². The van der Waals surface area contributed by atoms with Crippen LogP contribution >= 0.6 is 0 Å². The second-order valence-corrected chi connectivity index (χ2v) is 7.86. The molecule has 2 heterocycles. The Morgan fingerprint density at radius 2 is 2.04 bits per heavy atom. The summed E-state index contributed by atoms with van der Waals surface area (Å²) in [5, 5.41) is 6.98. The van der Waals surface area contributed by atoms with E-state index in [1.165, 1.54) is 18.9 Å². The minimum atomic E-state index is -0.432. The number of para-hydroxylation sites is 1. The van der Waals surface area contributed by atoms with Crippen molar-refractivity contribution in [2.24, 2.45) is 11.8 Å². The highest BCUT2D eigenvalue weighted by atomic mass is 19.1. The van der Waals surface area contributed by atoms with Gasteiger partial charge >= 0.3 is 0 Å². The highest BCUT2D eigenvalue weighted by molar-refractivity contribution is 5.91. The van der Waals surface area contributed by atoms with E-state index in [0.717, 1.165) is 25.1 Å². The summed E-state index contributed by atoms with van der Waals surface area (Å²) < 4.78 is 15.2. The van der Waals surface area contributed by atoms with Crippen molar-refractivity contribution in [3.05, 3.63) is 52.7 Å². The molecular weight excluding hydrogens is 359 g/mol. The summed E-state index contributed by atoms with van der Waals surface area (Å²) in [5.74, 6) is 0.145. The first-order chi connectivity index (χ1) is 13.6. The fourth-order valence-corrected chi connectivity index (χ4v) is 3.77. The molecule has 148 valence electrons. The molecule has 1 amide bonds. The van der Waals surface area contributed by atoms with Gasteiger partial charge in [0.1, 0.15) is 5.82 Å². The van der Waals surface area contributed by atoms with Crippen LogP contribution in [-0.2, 0) is 11.3 Å². The Bertz CT molecular complexity index is 909. The highest BCUT2D eigenvalue weighted by Crippen LogP contribution is 2.30. The molecule has 0 bridgehead atoms. The molecule has 6 nitrogen and oxygen atoms in total. The third-order valence-corrected chi connectivity index (χ3v) is 5.49. The Morgan fingerprint density at radius 3 is 2.79 bits per heavy atom. The first kappa shape index (κ1) is 18.7. The fraction of sp³-hybridized carbons (Fsp3) is 0.476. The number of benzene rings is 1. The first-order valence-electron chi connectivity index (χ1n) is 9.95. The molecule has 2 aliphatic rings. The lowest BCUT2D eigenvalue weighted by Gasteiger charge is -2.34. The van der Waals surface area contributed by atoms with Crippen molar-refractivity contribution in [3.63, 3.8) is 0 Å². The Morgan fingerprint density at radius 1 is 1.21 bits per heavy atom. The zero-order valence-electron chi connectivity index (χ0n) is 15.8. The molecular formula is C21H25FN4O2. The second kappa shape index (κ2) is 8.12. The lowest BCUT2D eigenvalue weighted by atomic mass is 9.94. The third kappa shape index (κ3) is 4.58. The van der Waals surface area contributed by atoms with Gasteiger partial charge in [-0.3, -0.25) is 9.59 Å². The van der Waals surface area contributed by atoms with Crippen molar-refractivity contribution >= 4 is 17.3 Å². The largest absolute Gasteiger partial charge is 0.370 e. The van der Waals surface area contributed by atoms with Gasteiger partial charge in [0, 0.05) is 32.1 Å². The molecule has 1 unspecified atom stereocenters. The van der Waals surface area contributed by atoms with Crippen LogP contribution in [0.3, 0.4) is 0 Å². The van der Waals surface area contributed by atoms with E-state index in [2.05, 4.69) is 15.3 Å². The van der Waals surface area contributed by atoms with Crippen LogP contribution < -0.4 is 15.8 Å². The molecule has 2 fully saturated rings. The van der Waals surface area contributed by atoms with Crippen molar-refractivity contribution in [1.82, 2.24) is 9.78 Å². The van der Waals surface area contributed by atoms with Crippen LogP contribution in [-0.4, -0.2) is 28.8 Å². The molecule has 1 N–H and O–H groups in total. The standard InChI is InChI=1S/C21H25FN4O2/c22-18-5-1-2-6-19(18)24-20(27)10-16-4-3-9-25(13-16)17-11-21(28)26(23-12-17)14-15-7-8-15/h1-2,5-6,11-12,15-16H,3-4,7-10,13-14H2,(H,24,27). The number of nitrogens with one attached hydrogen (secondary N) is 1. The Labute approximate surface area is 163 Å². The van der Waals surface area contributed by atoms with Gasteiger partial charge in [0.05, 0.1) is 17.6 Å². The number of carbonyl (C=O) groups excluding carboxylic acids is 1. The zero-order valence-corrected chi connectivity index (χ0v) is 15.8. The first-order valence-corrected chi connectivity index (χ1v) is 9.95. The molecule has 28 heavy (non-hydrogen) atoms. The normalized spacial score (nSPS) is 19.5. The Hall–Kier alpha value is -2.70. The van der Waals surface area contributed by atoms with Gasteiger partial charge in [-0.25, -0.2) is 9.07 Å². The molecule has 4 rings (SSSR count). The number of piperidine rings is 1. The minimum absolute atomic E-state index is 0.0659. The van der Waals surface area contributed by atoms with E-state index in [9.17, 15) is 14.0 Å². The van der Waals surface area contributed by atoms with Crippen LogP contribution in [0, 0.1) is 17.7 Å². The molecule has 1 aromatic carbocycles. The van der Waals surface area contributed by atoms with Crippen molar-refractivity contribution in [3.8, 4) is 0 Å². The number of hydrogen-bond donors (Lipinski definition) is 1. The quantitative estimate of drug-likeness (QED) is 0.831. The van der Waals surface area contributed by atoms with Crippen molar-refractivity contribution in [2.75, 3.05) is 23.3 Å². The number of aromatic nitrogens is 2. The lowest BCUT2D eigenvalue weighted by molar-refractivity contribution is -0.117. The highest BCUT2D eigenvalue weighted by Gasteiger charge is 2.25. The van der Waals surface area contributed by atoms with Crippen LogP contribution in [0.2, 0.25) is 0 Å². The molecule has 0 radical (unpaired) electrons.